The monoisotopic (exact) mass is 277 g/mol. The highest BCUT2D eigenvalue weighted by Crippen LogP contribution is 2.25. The molecule has 6 heteroatoms. The number of benzene rings is 1. The minimum absolute atomic E-state index is 0.0145. The molecule has 2 rings (SSSR count). The van der Waals surface area contributed by atoms with Gasteiger partial charge < -0.3 is 9.32 Å². The molecular formula is C13H15N3O2S. The summed E-state index contributed by atoms with van der Waals surface area (Å²) in [5.41, 5.74) is 1.99. The topological polar surface area (TPSA) is 59.2 Å². The average molecular weight is 277 g/mol. The van der Waals surface area contributed by atoms with Crippen molar-refractivity contribution in [3.8, 4) is 11.5 Å². The second-order valence-corrected chi connectivity index (χ2v) is 5.19. The number of thioether (sulfide) groups is 1. The van der Waals surface area contributed by atoms with E-state index in [1.54, 1.807) is 14.1 Å². The van der Waals surface area contributed by atoms with Crippen LogP contribution in [-0.4, -0.2) is 40.9 Å². The predicted octanol–water partition coefficient (Wildman–Crippen LogP) is 2.23. The number of hydrogen-bond donors (Lipinski definition) is 0. The van der Waals surface area contributed by atoms with Crippen LogP contribution in [0.15, 0.2) is 33.9 Å². The molecule has 0 fully saturated rings. The zero-order chi connectivity index (χ0) is 13.8. The van der Waals surface area contributed by atoms with E-state index in [0.29, 0.717) is 16.9 Å². The van der Waals surface area contributed by atoms with E-state index in [2.05, 4.69) is 10.2 Å². The standard InChI is InChI=1S/C13H15N3O2S/c1-9-6-4-5-7-10(9)12-14-15-13(18-12)19-8-11(17)16(2)3/h4-7H,8H2,1-3H3. The lowest BCUT2D eigenvalue weighted by molar-refractivity contribution is -0.125. The number of aryl methyl sites for hydroxylation is 1. The number of aromatic nitrogens is 2. The van der Waals surface area contributed by atoms with Gasteiger partial charge in [0.25, 0.3) is 5.22 Å². The van der Waals surface area contributed by atoms with Crippen LogP contribution in [0.1, 0.15) is 5.56 Å². The maximum Gasteiger partial charge on any atom is 0.277 e. The van der Waals surface area contributed by atoms with Crippen molar-refractivity contribution in [2.45, 2.75) is 12.1 Å². The summed E-state index contributed by atoms with van der Waals surface area (Å²) in [6.45, 7) is 1.99. The fourth-order valence-electron chi connectivity index (χ4n) is 1.44. The van der Waals surface area contributed by atoms with Gasteiger partial charge in [-0.3, -0.25) is 4.79 Å². The Hall–Kier alpha value is -1.82. The first-order chi connectivity index (χ1) is 9.08. The zero-order valence-electron chi connectivity index (χ0n) is 11.1. The maximum atomic E-state index is 11.5. The SMILES string of the molecule is Cc1ccccc1-c1nnc(SCC(=O)N(C)C)o1. The molecule has 1 aromatic heterocycles. The number of carbonyl (C=O) groups excluding carboxylic acids is 1. The summed E-state index contributed by atoms with van der Waals surface area (Å²) in [4.78, 5) is 13.0. The summed E-state index contributed by atoms with van der Waals surface area (Å²) in [6.07, 6.45) is 0. The third-order valence-electron chi connectivity index (χ3n) is 2.60. The van der Waals surface area contributed by atoms with E-state index in [1.165, 1.54) is 16.7 Å². The molecule has 0 N–H and O–H groups in total. The summed E-state index contributed by atoms with van der Waals surface area (Å²) in [5, 5.41) is 8.36. The highest BCUT2D eigenvalue weighted by atomic mass is 32.2. The van der Waals surface area contributed by atoms with Gasteiger partial charge in [0.05, 0.1) is 5.75 Å². The summed E-state index contributed by atoms with van der Waals surface area (Å²) >= 11 is 1.25. The van der Waals surface area contributed by atoms with Gasteiger partial charge in [0.15, 0.2) is 0 Å². The number of carbonyl (C=O) groups is 1. The lowest BCUT2D eigenvalue weighted by Crippen LogP contribution is -2.23. The van der Waals surface area contributed by atoms with Crippen molar-refractivity contribution < 1.29 is 9.21 Å². The molecule has 2 aromatic rings. The van der Waals surface area contributed by atoms with Crippen molar-refractivity contribution in [1.82, 2.24) is 15.1 Å². The van der Waals surface area contributed by atoms with Crippen molar-refractivity contribution in [1.29, 1.82) is 0 Å². The molecule has 0 atom stereocenters. The van der Waals surface area contributed by atoms with Gasteiger partial charge in [0.1, 0.15) is 0 Å². The van der Waals surface area contributed by atoms with Crippen molar-refractivity contribution in [2.24, 2.45) is 0 Å². The second-order valence-electron chi connectivity index (χ2n) is 4.26. The molecule has 5 nitrogen and oxygen atoms in total. The molecule has 0 aliphatic heterocycles. The van der Waals surface area contributed by atoms with E-state index in [9.17, 15) is 4.79 Å². The summed E-state index contributed by atoms with van der Waals surface area (Å²) < 4.78 is 5.55. The Labute approximate surface area is 116 Å². The van der Waals surface area contributed by atoms with Gasteiger partial charge in [0.2, 0.25) is 11.8 Å². The van der Waals surface area contributed by atoms with Crippen molar-refractivity contribution >= 4 is 17.7 Å². The normalized spacial score (nSPS) is 10.5. The van der Waals surface area contributed by atoms with Gasteiger partial charge in [-0.25, -0.2) is 0 Å². The Morgan fingerprint density at radius 3 is 2.74 bits per heavy atom. The molecule has 0 aliphatic carbocycles. The predicted molar refractivity (Wildman–Crippen MR) is 73.9 cm³/mol. The first-order valence-electron chi connectivity index (χ1n) is 5.80. The Balaban J connectivity index is 2.08. The molecule has 0 spiro atoms. The van der Waals surface area contributed by atoms with Gasteiger partial charge in [-0.15, -0.1) is 10.2 Å². The van der Waals surface area contributed by atoms with Crippen LogP contribution in [-0.2, 0) is 4.79 Å². The van der Waals surface area contributed by atoms with Crippen LogP contribution < -0.4 is 0 Å². The second kappa shape index (κ2) is 5.88. The van der Waals surface area contributed by atoms with Crippen LogP contribution in [0.2, 0.25) is 0 Å². The van der Waals surface area contributed by atoms with E-state index < -0.39 is 0 Å². The van der Waals surface area contributed by atoms with Gasteiger partial charge >= 0.3 is 0 Å². The first kappa shape index (κ1) is 13.6. The molecule has 0 radical (unpaired) electrons. The highest BCUT2D eigenvalue weighted by molar-refractivity contribution is 7.99. The average Bonchev–Trinajstić information content (AvgIpc) is 2.85. The Morgan fingerprint density at radius 2 is 2.05 bits per heavy atom. The highest BCUT2D eigenvalue weighted by Gasteiger charge is 2.12. The smallest absolute Gasteiger partial charge is 0.277 e. The minimum atomic E-state index is 0.0145. The number of rotatable bonds is 4. The van der Waals surface area contributed by atoms with E-state index in [1.807, 2.05) is 31.2 Å². The van der Waals surface area contributed by atoms with Gasteiger partial charge in [-0.05, 0) is 18.6 Å². The molecule has 0 saturated heterocycles. The Morgan fingerprint density at radius 1 is 1.32 bits per heavy atom. The van der Waals surface area contributed by atoms with Gasteiger partial charge in [-0.2, -0.15) is 0 Å². The third kappa shape index (κ3) is 3.35. The van der Waals surface area contributed by atoms with Crippen molar-refractivity contribution in [3.05, 3.63) is 29.8 Å². The molecule has 1 amide bonds. The molecule has 0 bridgehead atoms. The zero-order valence-corrected chi connectivity index (χ0v) is 11.9. The van der Waals surface area contributed by atoms with E-state index in [0.717, 1.165) is 11.1 Å². The molecule has 0 aliphatic rings. The summed E-state index contributed by atoms with van der Waals surface area (Å²) in [5.74, 6) is 0.793. The Bertz CT molecular complexity index is 581. The molecule has 19 heavy (non-hydrogen) atoms. The van der Waals surface area contributed by atoms with Gasteiger partial charge in [-0.1, -0.05) is 30.0 Å². The third-order valence-corrected chi connectivity index (χ3v) is 3.40. The molecule has 0 saturated carbocycles. The van der Waals surface area contributed by atoms with E-state index in [4.69, 9.17) is 4.42 Å². The first-order valence-corrected chi connectivity index (χ1v) is 6.79. The number of hydrogen-bond acceptors (Lipinski definition) is 5. The van der Waals surface area contributed by atoms with Crippen molar-refractivity contribution in [2.75, 3.05) is 19.8 Å². The summed E-state index contributed by atoms with van der Waals surface area (Å²) in [6, 6.07) is 7.81. The van der Waals surface area contributed by atoms with Crippen LogP contribution in [0.25, 0.3) is 11.5 Å². The van der Waals surface area contributed by atoms with Crippen LogP contribution in [0.4, 0.5) is 0 Å². The molecule has 1 heterocycles. The largest absolute Gasteiger partial charge is 0.411 e. The van der Waals surface area contributed by atoms with Crippen LogP contribution >= 0.6 is 11.8 Å². The molecular weight excluding hydrogens is 262 g/mol. The Kier molecular flexibility index (Phi) is 4.21. The molecule has 100 valence electrons. The lowest BCUT2D eigenvalue weighted by atomic mass is 10.1. The fourth-order valence-corrected chi connectivity index (χ4v) is 2.18. The minimum Gasteiger partial charge on any atom is -0.411 e. The van der Waals surface area contributed by atoms with Crippen LogP contribution in [0.3, 0.4) is 0 Å². The van der Waals surface area contributed by atoms with E-state index >= 15 is 0 Å². The quantitative estimate of drug-likeness (QED) is 0.802. The number of amides is 1. The fraction of sp³-hybridized carbons (Fsp3) is 0.308. The number of nitrogens with zero attached hydrogens (tertiary/aromatic N) is 3. The van der Waals surface area contributed by atoms with E-state index in [-0.39, 0.29) is 5.91 Å². The lowest BCUT2D eigenvalue weighted by Gasteiger charge is -2.07. The van der Waals surface area contributed by atoms with Crippen molar-refractivity contribution in [3.63, 3.8) is 0 Å². The summed E-state index contributed by atoms with van der Waals surface area (Å²) in [7, 11) is 3.44. The maximum absolute atomic E-state index is 11.5. The van der Waals surface area contributed by atoms with Gasteiger partial charge in [0, 0.05) is 19.7 Å². The van der Waals surface area contributed by atoms with Crippen LogP contribution in [0, 0.1) is 6.92 Å². The molecule has 1 aromatic carbocycles. The van der Waals surface area contributed by atoms with Crippen LogP contribution in [0.5, 0.6) is 0 Å². The molecule has 0 unspecified atom stereocenters.